The number of phenolic OH excluding ortho intramolecular Hbond substituents is 2. The quantitative estimate of drug-likeness (QED) is 0.590. The standard InChI is InChI=1S/C16H20N2O3/c1-16-7-3-2-4-12(16)14(16)15(21)18-17-9-10-5-6-11(19)8-13(10)20/h5-6,8-9,12,14,19-20H,2-4,7H2,1H3,(H,18,21)/b17-9+/t12-,14+,16-/m1/s1. The molecular formula is C16H20N2O3. The van der Waals surface area contributed by atoms with Crippen LogP contribution in [0.1, 0.15) is 38.2 Å². The molecule has 1 aromatic rings. The first-order valence-electron chi connectivity index (χ1n) is 7.37. The van der Waals surface area contributed by atoms with Crippen LogP contribution in [0.15, 0.2) is 23.3 Å². The van der Waals surface area contributed by atoms with Gasteiger partial charge >= 0.3 is 0 Å². The second kappa shape index (κ2) is 5.06. The third-order valence-corrected chi connectivity index (χ3v) is 5.01. The van der Waals surface area contributed by atoms with Crippen molar-refractivity contribution in [1.29, 1.82) is 0 Å². The molecule has 1 amide bonds. The summed E-state index contributed by atoms with van der Waals surface area (Å²) in [4.78, 5) is 12.2. The van der Waals surface area contributed by atoms with Gasteiger partial charge in [-0.05, 0) is 36.3 Å². The highest BCUT2D eigenvalue weighted by Crippen LogP contribution is 2.66. The van der Waals surface area contributed by atoms with Gasteiger partial charge in [0.2, 0.25) is 5.91 Å². The first-order valence-corrected chi connectivity index (χ1v) is 7.37. The topological polar surface area (TPSA) is 81.9 Å². The number of carbonyl (C=O) groups excluding carboxylic acids is 1. The zero-order valence-electron chi connectivity index (χ0n) is 12.0. The summed E-state index contributed by atoms with van der Waals surface area (Å²) in [5, 5.41) is 22.7. The Bertz CT molecular complexity index is 599. The number of aromatic hydroxyl groups is 2. The fourth-order valence-electron chi connectivity index (χ4n) is 3.73. The molecule has 0 spiro atoms. The molecule has 1 aromatic carbocycles. The zero-order chi connectivity index (χ0) is 15.0. The molecule has 3 N–H and O–H groups in total. The van der Waals surface area contributed by atoms with E-state index in [-0.39, 0.29) is 28.7 Å². The minimum absolute atomic E-state index is 0.0105. The molecule has 5 heteroatoms. The fraction of sp³-hybridized carbons (Fsp3) is 0.500. The minimum Gasteiger partial charge on any atom is -0.508 e. The summed E-state index contributed by atoms with van der Waals surface area (Å²) in [6.07, 6.45) is 6.08. The molecule has 21 heavy (non-hydrogen) atoms. The third kappa shape index (κ3) is 2.48. The number of amides is 1. The number of rotatable bonds is 3. The van der Waals surface area contributed by atoms with E-state index in [1.54, 1.807) is 6.07 Å². The maximum absolute atomic E-state index is 12.2. The number of hydrogen-bond donors (Lipinski definition) is 3. The fourth-order valence-corrected chi connectivity index (χ4v) is 3.73. The van der Waals surface area contributed by atoms with Crippen molar-refractivity contribution in [3.05, 3.63) is 23.8 Å². The van der Waals surface area contributed by atoms with E-state index in [1.807, 2.05) is 0 Å². The van der Waals surface area contributed by atoms with Crippen molar-refractivity contribution in [2.45, 2.75) is 32.6 Å². The van der Waals surface area contributed by atoms with Crippen molar-refractivity contribution in [2.75, 3.05) is 0 Å². The number of nitrogens with zero attached hydrogens (tertiary/aromatic N) is 1. The molecule has 2 saturated carbocycles. The zero-order valence-corrected chi connectivity index (χ0v) is 12.0. The lowest BCUT2D eigenvalue weighted by Gasteiger charge is -2.15. The van der Waals surface area contributed by atoms with Crippen molar-refractivity contribution in [1.82, 2.24) is 5.43 Å². The summed E-state index contributed by atoms with van der Waals surface area (Å²) in [7, 11) is 0. The molecule has 0 unspecified atom stereocenters. The van der Waals surface area contributed by atoms with E-state index < -0.39 is 0 Å². The van der Waals surface area contributed by atoms with E-state index in [4.69, 9.17) is 0 Å². The van der Waals surface area contributed by atoms with Crippen LogP contribution in [0.5, 0.6) is 11.5 Å². The van der Waals surface area contributed by atoms with E-state index in [0.717, 1.165) is 12.8 Å². The van der Waals surface area contributed by atoms with E-state index in [0.29, 0.717) is 11.5 Å². The number of fused-ring (bicyclic) bond motifs is 1. The van der Waals surface area contributed by atoms with Crippen LogP contribution in [-0.2, 0) is 4.79 Å². The summed E-state index contributed by atoms with van der Waals surface area (Å²) in [5.41, 5.74) is 3.19. The minimum atomic E-state index is -0.0694. The SMILES string of the molecule is C[C@@]12CCCC[C@@H]1[C@H]2C(=O)N/N=C/c1ccc(O)cc1O. The average molecular weight is 288 g/mol. The lowest BCUT2D eigenvalue weighted by atomic mass is 9.90. The normalized spacial score (nSPS) is 30.9. The Balaban J connectivity index is 1.60. The molecule has 3 atom stereocenters. The Morgan fingerprint density at radius 2 is 2.24 bits per heavy atom. The smallest absolute Gasteiger partial charge is 0.244 e. The van der Waals surface area contributed by atoms with Gasteiger partial charge in [-0.3, -0.25) is 4.79 Å². The third-order valence-electron chi connectivity index (χ3n) is 5.01. The molecule has 0 aromatic heterocycles. The average Bonchev–Trinajstić information content (AvgIpc) is 3.07. The van der Waals surface area contributed by atoms with Crippen LogP contribution in [-0.4, -0.2) is 22.3 Å². The second-order valence-electron chi connectivity index (χ2n) is 6.31. The Hall–Kier alpha value is -2.04. The van der Waals surface area contributed by atoms with Crippen LogP contribution >= 0.6 is 0 Å². The summed E-state index contributed by atoms with van der Waals surface area (Å²) in [6, 6.07) is 4.23. The predicted molar refractivity (Wildman–Crippen MR) is 79.1 cm³/mol. The molecule has 0 heterocycles. The highest BCUT2D eigenvalue weighted by Gasteiger charge is 2.64. The molecule has 112 valence electrons. The van der Waals surface area contributed by atoms with Crippen LogP contribution in [0, 0.1) is 17.3 Å². The molecule has 0 saturated heterocycles. The lowest BCUT2D eigenvalue weighted by Crippen LogP contribution is -2.22. The van der Waals surface area contributed by atoms with Crippen molar-refractivity contribution in [3.8, 4) is 11.5 Å². The highest BCUT2D eigenvalue weighted by atomic mass is 16.3. The van der Waals surface area contributed by atoms with Gasteiger partial charge in [0.05, 0.1) is 6.21 Å². The number of hydrazone groups is 1. The van der Waals surface area contributed by atoms with E-state index in [1.165, 1.54) is 31.2 Å². The first-order chi connectivity index (χ1) is 10.0. The molecule has 3 rings (SSSR count). The van der Waals surface area contributed by atoms with Gasteiger partial charge < -0.3 is 10.2 Å². The summed E-state index contributed by atoms with van der Waals surface area (Å²) in [6.45, 7) is 2.19. The van der Waals surface area contributed by atoms with Crippen molar-refractivity contribution in [2.24, 2.45) is 22.4 Å². The molecule has 0 bridgehead atoms. The van der Waals surface area contributed by atoms with Crippen LogP contribution in [0.4, 0.5) is 0 Å². The van der Waals surface area contributed by atoms with Gasteiger partial charge in [0.15, 0.2) is 0 Å². The van der Waals surface area contributed by atoms with Gasteiger partial charge in [0.25, 0.3) is 0 Å². The van der Waals surface area contributed by atoms with E-state index in [2.05, 4.69) is 17.5 Å². The van der Waals surface area contributed by atoms with Gasteiger partial charge in [-0.25, -0.2) is 5.43 Å². The van der Waals surface area contributed by atoms with Crippen molar-refractivity contribution in [3.63, 3.8) is 0 Å². The summed E-state index contributed by atoms with van der Waals surface area (Å²) >= 11 is 0. The monoisotopic (exact) mass is 288 g/mol. The number of hydrogen-bond acceptors (Lipinski definition) is 4. The summed E-state index contributed by atoms with van der Waals surface area (Å²) < 4.78 is 0. The van der Waals surface area contributed by atoms with Gasteiger partial charge in [-0.1, -0.05) is 19.8 Å². The van der Waals surface area contributed by atoms with E-state index in [9.17, 15) is 15.0 Å². The molecule has 2 aliphatic carbocycles. The Morgan fingerprint density at radius 3 is 2.90 bits per heavy atom. The molecule has 2 aliphatic rings. The number of phenols is 2. The van der Waals surface area contributed by atoms with Crippen LogP contribution < -0.4 is 5.43 Å². The van der Waals surface area contributed by atoms with E-state index >= 15 is 0 Å². The number of benzene rings is 1. The molecule has 0 aliphatic heterocycles. The maximum Gasteiger partial charge on any atom is 0.244 e. The molecular weight excluding hydrogens is 268 g/mol. The van der Waals surface area contributed by atoms with Gasteiger partial charge in [-0.2, -0.15) is 5.10 Å². The number of nitrogens with one attached hydrogen (secondary N) is 1. The van der Waals surface area contributed by atoms with Gasteiger partial charge in [-0.15, -0.1) is 0 Å². The second-order valence-corrected chi connectivity index (χ2v) is 6.31. The molecule has 0 radical (unpaired) electrons. The molecule has 5 nitrogen and oxygen atoms in total. The largest absolute Gasteiger partial charge is 0.508 e. The van der Waals surface area contributed by atoms with Crippen LogP contribution in [0.25, 0.3) is 0 Å². The maximum atomic E-state index is 12.2. The summed E-state index contributed by atoms with van der Waals surface area (Å²) in [5.74, 6) is 0.469. The lowest BCUT2D eigenvalue weighted by molar-refractivity contribution is -0.123. The van der Waals surface area contributed by atoms with Gasteiger partial charge in [0.1, 0.15) is 11.5 Å². The Morgan fingerprint density at radius 1 is 1.43 bits per heavy atom. The predicted octanol–water partition coefficient (Wildman–Crippen LogP) is 2.37. The molecule has 2 fully saturated rings. The number of carbonyl (C=O) groups is 1. The van der Waals surface area contributed by atoms with Crippen LogP contribution in [0.2, 0.25) is 0 Å². The Kier molecular flexibility index (Phi) is 3.35. The van der Waals surface area contributed by atoms with Gasteiger partial charge in [0, 0.05) is 17.5 Å². The van der Waals surface area contributed by atoms with Crippen molar-refractivity contribution >= 4 is 12.1 Å². The first kappa shape index (κ1) is 13.9. The highest BCUT2D eigenvalue weighted by molar-refractivity contribution is 5.87. The van der Waals surface area contributed by atoms with Crippen LogP contribution in [0.3, 0.4) is 0 Å². The Labute approximate surface area is 123 Å². The van der Waals surface area contributed by atoms with Crippen molar-refractivity contribution < 1.29 is 15.0 Å².